The fourth-order valence-corrected chi connectivity index (χ4v) is 4.61. The van der Waals surface area contributed by atoms with Gasteiger partial charge < -0.3 is 14.6 Å². The van der Waals surface area contributed by atoms with Gasteiger partial charge in [-0.1, -0.05) is 23.7 Å². The number of aromatic nitrogens is 1. The van der Waals surface area contributed by atoms with Crippen molar-refractivity contribution in [1.29, 1.82) is 0 Å². The maximum absolute atomic E-state index is 13.5. The second kappa shape index (κ2) is 10.1. The molecule has 0 bridgehead atoms. The van der Waals surface area contributed by atoms with Crippen molar-refractivity contribution in [3.05, 3.63) is 70.4 Å². The molecule has 9 heteroatoms. The summed E-state index contributed by atoms with van der Waals surface area (Å²) in [6.07, 6.45) is -0.0477. The number of amides is 1. The molecule has 1 saturated carbocycles. The van der Waals surface area contributed by atoms with Crippen LogP contribution in [0, 0.1) is 5.92 Å². The summed E-state index contributed by atoms with van der Waals surface area (Å²) in [4.78, 5) is 23.6. The molecule has 2 aromatic carbocycles. The van der Waals surface area contributed by atoms with Gasteiger partial charge in [-0.2, -0.15) is 13.2 Å². The third-order valence-electron chi connectivity index (χ3n) is 6.29. The number of nitrogens with one attached hydrogen (secondary N) is 1. The van der Waals surface area contributed by atoms with E-state index in [4.69, 9.17) is 16.3 Å². The molecule has 0 radical (unpaired) electrons. The topological polar surface area (TPSA) is 60.3 Å². The average Bonchev–Trinajstić information content (AvgIpc) is 3.21. The van der Waals surface area contributed by atoms with Gasteiger partial charge in [0.25, 0.3) is 12.4 Å². The lowest BCUT2D eigenvalue weighted by atomic mass is 9.87. The van der Waals surface area contributed by atoms with Gasteiger partial charge in [0, 0.05) is 29.7 Å². The van der Waals surface area contributed by atoms with Crippen LogP contribution >= 0.6 is 11.6 Å². The molecule has 0 aliphatic heterocycles. The zero-order valence-corrected chi connectivity index (χ0v) is 19.0. The molecular formula is C25H24ClF3N2O3. The van der Waals surface area contributed by atoms with Gasteiger partial charge in [0.05, 0.1) is 16.6 Å². The number of nitrogens with zero attached hydrogens (tertiary/aromatic N) is 1. The fraction of sp³-hybridized carbons (Fsp3) is 0.360. The molecule has 4 rings (SSSR count). The Morgan fingerprint density at radius 3 is 2.47 bits per heavy atom. The van der Waals surface area contributed by atoms with Gasteiger partial charge in [0.1, 0.15) is 6.10 Å². The summed E-state index contributed by atoms with van der Waals surface area (Å²) < 4.78 is 47.4. The summed E-state index contributed by atoms with van der Waals surface area (Å²) >= 11 is 5.95. The van der Waals surface area contributed by atoms with Crippen LogP contribution in [0.1, 0.15) is 47.2 Å². The van der Waals surface area contributed by atoms with Crippen LogP contribution in [-0.2, 0) is 22.3 Å². The number of carbonyl (C=O) groups is 2. The van der Waals surface area contributed by atoms with Crippen molar-refractivity contribution in [2.24, 2.45) is 5.92 Å². The summed E-state index contributed by atoms with van der Waals surface area (Å²) in [6.45, 7) is 1.18. The second-order valence-electron chi connectivity index (χ2n) is 8.61. The SMILES string of the molecule is O=COC1CCC(CNC(=O)c2cc(C(F)(F)F)cc3ccn(Cc4ccc(Cl)cc4)c23)CC1. The van der Waals surface area contributed by atoms with Crippen LogP contribution in [0.2, 0.25) is 5.02 Å². The zero-order valence-electron chi connectivity index (χ0n) is 18.3. The van der Waals surface area contributed by atoms with Crippen LogP contribution in [0.25, 0.3) is 10.9 Å². The maximum Gasteiger partial charge on any atom is 0.416 e. The Labute approximate surface area is 199 Å². The standard InChI is InChI=1S/C25H24ClF3N2O3/c26-20-5-1-17(2-6-20)14-31-10-9-18-11-19(25(27,28)29)12-22(23(18)31)24(33)30-13-16-3-7-21(8-4-16)34-15-32/h1-2,5-6,9-12,15-16,21H,3-4,7-8,13-14H2,(H,30,33). The molecule has 1 amide bonds. The number of benzene rings is 2. The predicted octanol–water partition coefficient (Wildman–Crippen LogP) is 5.82. The molecule has 34 heavy (non-hydrogen) atoms. The lowest BCUT2D eigenvalue weighted by Crippen LogP contribution is -2.33. The van der Waals surface area contributed by atoms with Gasteiger partial charge in [-0.25, -0.2) is 0 Å². The molecule has 1 heterocycles. The van der Waals surface area contributed by atoms with E-state index >= 15 is 0 Å². The minimum absolute atomic E-state index is 0.0123. The highest BCUT2D eigenvalue weighted by atomic mass is 35.5. The van der Waals surface area contributed by atoms with Crippen molar-refractivity contribution in [3.63, 3.8) is 0 Å². The minimum atomic E-state index is -4.57. The van der Waals surface area contributed by atoms with E-state index in [2.05, 4.69) is 5.32 Å². The minimum Gasteiger partial charge on any atom is -0.465 e. The number of fused-ring (bicyclic) bond motifs is 1. The molecular weight excluding hydrogens is 469 g/mol. The summed E-state index contributed by atoms with van der Waals surface area (Å²) in [5, 5.41) is 3.76. The highest BCUT2D eigenvalue weighted by molar-refractivity contribution is 6.30. The van der Waals surface area contributed by atoms with E-state index in [0.29, 0.717) is 48.3 Å². The first-order chi connectivity index (χ1) is 16.2. The Morgan fingerprint density at radius 1 is 1.12 bits per heavy atom. The van der Waals surface area contributed by atoms with E-state index < -0.39 is 17.6 Å². The van der Waals surface area contributed by atoms with Crippen molar-refractivity contribution in [2.45, 2.75) is 44.5 Å². The van der Waals surface area contributed by atoms with Crippen molar-refractivity contribution >= 4 is 34.9 Å². The van der Waals surface area contributed by atoms with Crippen molar-refractivity contribution < 1.29 is 27.5 Å². The van der Waals surface area contributed by atoms with Crippen molar-refractivity contribution in [3.8, 4) is 0 Å². The monoisotopic (exact) mass is 492 g/mol. The first kappa shape index (κ1) is 24.1. The van der Waals surface area contributed by atoms with E-state index in [-0.39, 0.29) is 17.6 Å². The highest BCUT2D eigenvalue weighted by Crippen LogP contribution is 2.34. The van der Waals surface area contributed by atoms with E-state index in [1.54, 1.807) is 29.0 Å². The van der Waals surface area contributed by atoms with Gasteiger partial charge in [-0.15, -0.1) is 0 Å². The first-order valence-electron chi connectivity index (χ1n) is 11.1. The van der Waals surface area contributed by atoms with Crippen LogP contribution in [0.4, 0.5) is 13.2 Å². The summed E-state index contributed by atoms with van der Waals surface area (Å²) in [5.74, 6) is -0.365. The van der Waals surface area contributed by atoms with Crippen molar-refractivity contribution in [2.75, 3.05) is 6.54 Å². The van der Waals surface area contributed by atoms with Gasteiger partial charge in [0.15, 0.2) is 0 Å². The molecule has 0 atom stereocenters. The molecule has 1 aliphatic carbocycles. The van der Waals surface area contributed by atoms with E-state index in [0.717, 1.165) is 30.5 Å². The second-order valence-corrected chi connectivity index (χ2v) is 9.05. The Morgan fingerprint density at radius 2 is 1.82 bits per heavy atom. The van der Waals surface area contributed by atoms with Crippen LogP contribution in [0.3, 0.4) is 0 Å². The fourth-order valence-electron chi connectivity index (χ4n) is 4.49. The lowest BCUT2D eigenvalue weighted by Gasteiger charge is -2.27. The Bertz CT molecular complexity index is 1170. The van der Waals surface area contributed by atoms with E-state index in [1.165, 1.54) is 0 Å². The lowest BCUT2D eigenvalue weighted by molar-refractivity contribution is -0.137. The Hall–Kier alpha value is -3.00. The van der Waals surface area contributed by atoms with Gasteiger partial charge in [-0.05, 0) is 67.5 Å². The molecule has 1 aromatic heterocycles. The molecule has 1 aliphatic rings. The normalized spacial score (nSPS) is 18.6. The molecule has 0 spiro atoms. The molecule has 3 aromatic rings. The Balaban J connectivity index is 1.58. The number of halogens is 4. The van der Waals surface area contributed by atoms with Crippen LogP contribution in [-0.4, -0.2) is 29.6 Å². The number of alkyl halides is 3. The molecule has 1 fully saturated rings. The van der Waals surface area contributed by atoms with Crippen LogP contribution in [0.15, 0.2) is 48.7 Å². The average molecular weight is 493 g/mol. The summed E-state index contributed by atoms with van der Waals surface area (Å²) in [7, 11) is 0. The number of hydrogen-bond donors (Lipinski definition) is 1. The predicted molar refractivity (Wildman–Crippen MR) is 123 cm³/mol. The van der Waals surface area contributed by atoms with Crippen LogP contribution < -0.4 is 5.32 Å². The maximum atomic E-state index is 13.5. The number of hydrogen-bond acceptors (Lipinski definition) is 3. The zero-order chi connectivity index (χ0) is 24.3. The smallest absolute Gasteiger partial charge is 0.416 e. The van der Waals surface area contributed by atoms with Gasteiger partial charge in [0.2, 0.25) is 0 Å². The Kier molecular flexibility index (Phi) is 7.16. The third-order valence-corrected chi connectivity index (χ3v) is 6.54. The summed E-state index contributed by atoms with van der Waals surface area (Å²) in [6, 6.07) is 10.7. The number of ether oxygens (including phenoxy) is 1. The molecule has 5 nitrogen and oxygen atoms in total. The molecule has 0 unspecified atom stereocenters. The number of carbonyl (C=O) groups excluding carboxylic acids is 2. The van der Waals surface area contributed by atoms with E-state index in [1.807, 2.05) is 12.1 Å². The van der Waals surface area contributed by atoms with Gasteiger partial charge >= 0.3 is 6.18 Å². The highest BCUT2D eigenvalue weighted by Gasteiger charge is 2.33. The first-order valence-corrected chi connectivity index (χ1v) is 11.4. The molecule has 0 saturated heterocycles. The van der Waals surface area contributed by atoms with E-state index in [9.17, 15) is 22.8 Å². The quantitative estimate of drug-likeness (QED) is 0.422. The van der Waals surface area contributed by atoms with Crippen LogP contribution in [0.5, 0.6) is 0 Å². The molecule has 1 N–H and O–H groups in total. The largest absolute Gasteiger partial charge is 0.465 e. The van der Waals surface area contributed by atoms with Gasteiger partial charge in [-0.3, -0.25) is 9.59 Å². The van der Waals surface area contributed by atoms with Crippen molar-refractivity contribution in [1.82, 2.24) is 9.88 Å². The summed E-state index contributed by atoms with van der Waals surface area (Å²) in [5.41, 5.74) is 0.480. The molecule has 180 valence electrons. The number of rotatable bonds is 7. The third kappa shape index (κ3) is 5.55.